The summed E-state index contributed by atoms with van der Waals surface area (Å²) in [6.45, 7) is 11.9. The van der Waals surface area contributed by atoms with Gasteiger partial charge in [-0.3, -0.25) is 0 Å². The molecule has 0 aromatic carbocycles. The zero-order chi connectivity index (χ0) is 16.5. The van der Waals surface area contributed by atoms with Gasteiger partial charge in [-0.15, -0.1) is 0 Å². The van der Waals surface area contributed by atoms with E-state index >= 15 is 0 Å². The molecule has 112 valence electrons. The Morgan fingerprint density at radius 2 is 1.90 bits per heavy atom. The van der Waals surface area contributed by atoms with Crippen LogP contribution in [0.5, 0.6) is 0 Å². The lowest BCUT2D eigenvalue weighted by Gasteiger charge is -2.34. The molecule has 0 saturated heterocycles. The molecule has 0 aliphatic heterocycles. The van der Waals surface area contributed by atoms with Crippen molar-refractivity contribution in [1.82, 2.24) is 4.90 Å². The van der Waals surface area contributed by atoms with Gasteiger partial charge in [0.15, 0.2) is 0 Å². The third-order valence-electron chi connectivity index (χ3n) is 2.55. The lowest BCUT2D eigenvalue weighted by atomic mass is 10.1. The van der Waals surface area contributed by atoms with Crippen LogP contribution in [0.2, 0.25) is 0 Å². The Balaban J connectivity index is 4.71. The molecule has 0 bridgehead atoms. The van der Waals surface area contributed by atoms with Crippen LogP contribution in [0, 0.1) is 22.7 Å². The number of hydrogen-bond acceptors (Lipinski definition) is 5. The van der Waals surface area contributed by atoms with E-state index in [0.717, 1.165) is 0 Å². The number of esters is 1. The minimum absolute atomic E-state index is 0.0359. The summed E-state index contributed by atoms with van der Waals surface area (Å²) >= 11 is 0. The van der Waals surface area contributed by atoms with Gasteiger partial charge < -0.3 is 9.64 Å². The van der Waals surface area contributed by atoms with Crippen LogP contribution in [0.3, 0.4) is 0 Å². The molecule has 0 N–H and O–H groups in total. The van der Waals surface area contributed by atoms with Crippen molar-refractivity contribution in [3.63, 3.8) is 0 Å². The van der Waals surface area contributed by atoms with E-state index in [9.17, 15) is 4.79 Å². The first-order chi connectivity index (χ1) is 9.72. The number of ether oxygens (including phenoxy) is 1. The van der Waals surface area contributed by atoms with E-state index in [4.69, 9.17) is 15.3 Å². The molecule has 0 heterocycles. The SMILES string of the molecule is C=C(C)C(=O)OCCN(C=CC=C(C#N)C#N)C(C)(C)C. The Morgan fingerprint density at radius 3 is 2.33 bits per heavy atom. The second-order valence-corrected chi connectivity index (χ2v) is 5.43. The monoisotopic (exact) mass is 287 g/mol. The average Bonchev–Trinajstić information content (AvgIpc) is 2.39. The molecular formula is C16H21N3O2. The first-order valence-corrected chi connectivity index (χ1v) is 6.50. The van der Waals surface area contributed by atoms with Gasteiger partial charge in [0.25, 0.3) is 0 Å². The lowest BCUT2D eigenvalue weighted by molar-refractivity contribution is -0.139. The molecule has 0 aromatic rings. The maximum Gasteiger partial charge on any atom is 0.333 e. The van der Waals surface area contributed by atoms with Crippen LogP contribution in [-0.4, -0.2) is 29.6 Å². The zero-order valence-electron chi connectivity index (χ0n) is 13.0. The summed E-state index contributed by atoms with van der Waals surface area (Å²) < 4.78 is 5.06. The minimum Gasteiger partial charge on any atom is -0.460 e. The number of hydrogen-bond donors (Lipinski definition) is 0. The van der Waals surface area contributed by atoms with E-state index in [1.807, 2.05) is 25.7 Å². The average molecular weight is 287 g/mol. The topological polar surface area (TPSA) is 77.1 Å². The molecule has 0 aliphatic carbocycles. The van der Waals surface area contributed by atoms with Crippen molar-refractivity contribution in [3.8, 4) is 12.1 Å². The number of allylic oxidation sites excluding steroid dienone is 3. The molecule has 0 spiro atoms. The van der Waals surface area contributed by atoms with Gasteiger partial charge in [0, 0.05) is 11.1 Å². The smallest absolute Gasteiger partial charge is 0.333 e. The highest BCUT2D eigenvalue weighted by Crippen LogP contribution is 2.13. The normalized spacial score (nSPS) is 10.4. The first-order valence-electron chi connectivity index (χ1n) is 6.50. The second kappa shape index (κ2) is 8.60. The van der Waals surface area contributed by atoms with Gasteiger partial charge in [0.1, 0.15) is 24.3 Å². The van der Waals surface area contributed by atoms with E-state index in [2.05, 4.69) is 6.58 Å². The Kier molecular flexibility index (Phi) is 7.57. The fraction of sp³-hybridized carbons (Fsp3) is 0.438. The molecule has 0 aromatic heterocycles. The third kappa shape index (κ3) is 7.59. The predicted molar refractivity (Wildman–Crippen MR) is 80.7 cm³/mol. The van der Waals surface area contributed by atoms with Crippen LogP contribution < -0.4 is 0 Å². The molecule has 0 amide bonds. The lowest BCUT2D eigenvalue weighted by Crippen LogP contribution is -2.39. The Bertz CT molecular complexity index is 509. The molecule has 0 aliphatic rings. The van der Waals surface area contributed by atoms with Gasteiger partial charge >= 0.3 is 5.97 Å². The fourth-order valence-electron chi connectivity index (χ4n) is 1.34. The van der Waals surface area contributed by atoms with E-state index < -0.39 is 5.97 Å². The van der Waals surface area contributed by atoms with Gasteiger partial charge in [-0.05, 0) is 46.0 Å². The molecular weight excluding hydrogens is 266 g/mol. The van der Waals surface area contributed by atoms with E-state index in [0.29, 0.717) is 12.1 Å². The van der Waals surface area contributed by atoms with Gasteiger partial charge in [-0.2, -0.15) is 10.5 Å². The van der Waals surface area contributed by atoms with Crippen LogP contribution in [0.25, 0.3) is 0 Å². The summed E-state index contributed by atoms with van der Waals surface area (Å²) in [6.07, 6.45) is 4.84. The summed E-state index contributed by atoms with van der Waals surface area (Å²) in [5.41, 5.74) is 0.219. The minimum atomic E-state index is -0.413. The van der Waals surface area contributed by atoms with E-state index in [-0.39, 0.29) is 17.7 Å². The van der Waals surface area contributed by atoms with Crippen molar-refractivity contribution in [3.05, 3.63) is 36.1 Å². The Labute approximate surface area is 126 Å². The molecule has 0 radical (unpaired) electrons. The maximum atomic E-state index is 11.3. The van der Waals surface area contributed by atoms with Crippen molar-refractivity contribution in [2.45, 2.75) is 33.2 Å². The molecule has 5 heteroatoms. The quantitative estimate of drug-likeness (QED) is 0.325. The van der Waals surface area contributed by atoms with E-state index in [1.54, 1.807) is 31.3 Å². The number of carbonyl (C=O) groups excluding carboxylic acids is 1. The molecule has 0 unspecified atom stereocenters. The van der Waals surface area contributed by atoms with Crippen molar-refractivity contribution < 1.29 is 9.53 Å². The van der Waals surface area contributed by atoms with Crippen LogP contribution in [0.1, 0.15) is 27.7 Å². The number of nitrogens with zero attached hydrogens (tertiary/aromatic N) is 3. The molecule has 0 rings (SSSR count). The second-order valence-electron chi connectivity index (χ2n) is 5.43. The summed E-state index contributed by atoms with van der Waals surface area (Å²) in [5, 5.41) is 17.3. The van der Waals surface area contributed by atoms with Gasteiger partial charge in [0.05, 0.1) is 6.54 Å². The number of nitriles is 2. The molecule has 21 heavy (non-hydrogen) atoms. The zero-order valence-corrected chi connectivity index (χ0v) is 13.0. The number of rotatable bonds is 6. The number of carbonyl (C=O) groups is 1. The van der Waals surface area contributed by atoms with Crippen molar-refractivity contribution in [2.24, 2.45) is 0 Å². The molecule has 0 fully saturated rings. The Hall–Kier alpha value is -2.53. The van der Waals surface area contributed by atoms with Crippen LogP contribution in [0.15, 0.2) is 36.1 Å². The summed E-state index contributed by atoms with van der Waals surface area (Å²) in [5.74, 6) is -0.413. The highest BCUT2D eigenvalue weighted by atomic mass is 16.5. The van der Waals surface area contributed by atoms with Crippen LogP contribution >= 0.6 is 0 Å². The van der Waals surface area contributed by atoms with Crippen molar-refractivity contribution in [2.75, 3.05) is 13.2 Å². The third-order valence-corrected chi connectivity index (χ3v) is 2.55. The van der Waals surface area contributed by atoms with Gasteiger partial charge in [-0.1, -0.05) is 6.58 Å². The Morgan fingerprint density at radius 1 is 1.33 bits per heavy atom. The molecule has 0 atom stereocenters. The summed E-state index contributed by atoms with van der Waals surface area (Å²) in [7, 11) is 0. The van der Waals surface area contributed by atoms with Gasteiger partial charge in [0.2, 0.25) is 0 Å². The molecule has 0 saturated carbocycles. The standard InChI is InChI=1S/C16H21N3O2/c1-13(2)15(20)21-10-9-19(16(3,4)5)8-6-7-14(11-17)12-18/h6-8H,1,9-10H2,2-5H3. The summed E-state index contributed by atoms with van der Waals surface area (Å²) in [6, 6.07) is 3.57. The van der Waals surface area contributed by atoms with Crippen molar-refractivity contribution >= 4 is 5.97 Å². The van der Waals surface area contributed by atoms with Gasteiger partial charge in [-0.25, -0.2) is 4.79 Å². The largest absolute Gasteiger partial charge is 0.460 e. The van der Waals surface area contributed by atoms with Crippen LogP contribution in [0.4, 0.5) is 0 Å². The highest BCUT2D eigenvalue weighted by molar-refractivity contribution is 5.86. The summed E-state index contributed by atoms with van der Waals surface area (Å²) in [4.78, 5) is 13.3. The molecule has 5 nitrogen and oxygen atoms in total. The highest BCUT2D eigenvalue weighted by Gasteiger charge is 2.17. The van der Waals surface area contributed by atoms with E-state index in [1.165, 1.54) is 6.08 Å². The first kappa shape index (κ1) is 18.5. The fourth-order valence-corrected chi connectivity index (χ4v) is 1.34. The van der Waals surface area contributed by atoms with Crippen LogP contribution in [-0.2, 0) is 9.53 Å². The van der Waals surface area contributed by atoms with Crippen molar-refractivity contribution in [1.29, 1.82) is 10.5 Å². The maximum absolute atomic E-state index is 11.3. The predicted octanol–water partition coefficient (Wildman–Crippen LogP) is 2.69.